The van der Waals surface area contributed by atoms with Crippen molar-refractivity contribution in [2.24, 2.45) is 0 Å². The number of fused-ring (bicyclic) bond motifs is 1. The Labute approximate surface area is 201 Å². The van der Waals surface area contributed by atoms with E-state index in [1.165, 1.54) is 0 Å². The number of aliphatic hydroxyl groups excluding tert-OH is 2. The quantitative estimate of drug-likeness (QED) is 0.128. The number of aliphatic hydroxyl groups is 2. The van der Waals surface area contributed by atoms with Crippen LogP contribution in [-0.4, -0.2) is 58.3 Å². The summed E-state index contributed by atoms with van der Waals surface area (Å²) in [6.45, 7) is 2.11. The summed E-state index contributed by atoms with van der Waals surface area (Å²) < 4.78 is 11.0. The van der Waals surface area contributed by atoms with E-state index < -0.39 is 11.8 Å². The number of ketones is 1. The molecule has 0 radical (unpaired) electrons. The number of aromatic amines is 1. The molecule has 1 aromatic carbocycles. The van der Waals surface area contributed by atoms with Crippen LogP contribution in [-0.2, 0) is 19.1 Å². The van der Waals surface area contributed by atoms with Gasteiger partial charge in [-0.1, -0.05) is 0 Å². The predicted molar refractivity (Wildman–Crippen MR) is 130 cm³/mol. The van der Waals surface area contributed by atoms with Crippen molar-refractivity contribution in [3.05, 3.63) is 71.1 Å². The van der Waals surface area contributed by atoms with Crippen LogP contribution in [0, 0.1) is 6.92 Å². The number of ether oxygens (including phenoxy) is 2. The van der Waals surface area contributed by atoms with Crippen molar-refractivity contribution in [3.8, 4) is 0 Å². The van der Waals surface area contributed by atoms with E-state index in [2.05, 4.69) is 20.6 Å². The van der Waals surface area contributed by atoms with Gasteiger partial charge in [-0.3, -0.25) is 4.79 Å². The maximum atomic E-state index is 13.2. The fourth-order valence-electron chi connectivity index (χ4n) is 3.58. The Balaban J connectivity index is 1.64. The highest BCUT2D eigenvalue weighted by atomic mass is 16.5. The summed E-state index contributed by atoms with van der Waals surface area (Å²) in [5.74, 6) is -1.52. The van der Waals surface area contributed by atoms with E-state index in [-0.39, 0.29) is 43.5 Å². The van der Waals surface area contributed by atoms with E-state index >= 15 is 0 Å². The molecular formula is C25H26N4O6. The molecule has 10 heteroatoms. The zero-order chi connectivity index (χ0) is 24.8. The van der Waals surface area contributed by atoms with Gasteiger partial charge in [-0.25, -0.2) is 9.78 Å². The molecule has 0 fully saturated rings. The van der Waals surface area contributed by atoms with Crippen molar-refractivity contribution in [1.29, 1.82) is 0 Å². The standard InChI is InChI=1S/C25H26N4O6/c1-15-12-17(26-8-10-31)5-6-19(15)29-24-21(25(33)34-11-3-9-30)22(32)20(35-24)13-16-14-28-23-18(16)4-2-7-27-23/h2,4-7,12-14,26,29-31H,3,8-11H2,1H3,(H,27,28)/b20-13-. The summed E-state index contributed by atoms with van der Waals surface area (Å²) in [5, 5.41) is 24.9. The Morgan fingerprint density at radius 2 is 2.11 bits per heavy atom. The molecular weight excluding hydrogens is 452 g/mol. The molecule has 10 nitrogen and oxygen atoms in total. The van der Waals surface area contributed by atoms with Crippen LogP contribution in [0.15, 0.2) is 59.9 Å². The third-order valence-corrected chi connectivity index (χ3v) is 5.31. The van der Waals surface area contributed by atoms with Crippen molar-refractivity contribution >= 4 is 40.2 Å². The van der Waals surface area contributed by atoms with Gasteiger partial charge in [0.15, 0.2) is 11.3 Å². The average molecular weight is 479 g/mol. The minimum absolute atomic E-state index is 0.00520. The monoisotopic (exact) mass is 478 g/mol. The van der Waals surface area contributed by atoms with Crippen molar-refractivity contribution in [2.45, 2.75) is 13.3 Å². The van der Waals surface area contributed by atoms with E-state index in [1.54, 1.807) is 36.7 Å². The molecule has 0 spiro atoms. The van der Waals surface area contributed by atoms with E-state index in [0.29, 0.717) is 23.4 Å². The van der Waals surface area contributed by atoms with Gasteiger partial charge in [0.25, 0.3) is 0 Å². The van der Waals surface area contributed by atoms with Gasteiger partial charge in [-0.15, -0.1) is 0 Å². The Bertz CT molecular complexity index is 1310. The van der Waals surface area contributed by atoms with Gasteiger partial charge < -0.3 is 35.3 Å². The molecule has 3 aromatic rings. The normalized spacial score (nSPS) is 14.5. The molecule has 2 aromatic heterocycles. The van der Waals surface area contributed by atoms with Gasteiger partial charge >= 0.3 is 5.97 Å². The minimum atomic E-state index is -0.839. The van der Waals surface area contributed by atoms with E-state index in [9.17, 15) is 9.59 Å². The lowest BCUT2D eigenvalue weighted by molar-refractivity contribution is -0.140. The molecule has 0 aliphatic carbocycles. The van der Waals surface area contributed by atoms with Crippen LogP contribution in [0.3, 0.4) is 0 Å². The van der Waals surface area contributed by atoms with Crippen molar-refractivity contribution in [2.75, 3.05) is 37.0 Å². The summed E-state index contributed by atoms with van der Waals surface area (Å²) in [7, 11) is 0. The Hall–Kier alpha value is -4.15. The van der Waals surface area contributed by atoms with Crippen LogP contribution >= 0.6 is 0 Å². The number of pyridine rings is 1. The molecule has 4 rings (SSSR count). The third kappa shape index (κ3) is 5.34. The maximum Gasteiger partial charge on any atom is 0.347 e. The summed E-state index contributed by atoms with van der Waals surface area (Å²) in [6.07, 6.45) is 5.16. The first-order valence-electron chi connectivity index (χ1n) is 11.1. The van der Waals surface area contributed by atoms with Crippen LogP contribution in [0.2, 0.25) is 0 Å². The lowest BCUT2D eigenvalue weighted by atomic mass is 10.1. The number of hydrogen-bond acceptors (Lipinski definition) is 9. The van der Waals surface area contributed by atoms with Crippen molar-refractivity contribution in [1.82, 2.24) is 9.97 Å². The van der Waals surface area contributed by atoms with Gasteiger partial charge in [0.1, 0.15) is 5.65 Å². The fourth-order valence-corrected chi connectivity index (χ4v) is 3.58. The number of anilines is 2. The second-order valence-electron chi connectivity index (χ2n) is 7.81. The molecule has 3 heterocycles. The highest BCUT2D eigenvalue weighted by Gasteiger charge is 2.37. The summed E-state index contributed by atoms with van der Waals surface area (Å²) in [4.78, 5) is 33.2. The lowest BCUT2D eigenvalue weighted by Crippen LogP contribution is -2.17. The van der Waals surface area contributed by atoms with Crippen molar-refractivity contribution < 1.29 is 29.3 Å². The molecule has 5 N–H and O–H groups in total. The smallest absolute Gasteiger partial charge is 0.347 e. The molecule has 0 atom stereocenters. The Morgan fingerprint density at radius 3 is 2.89 bits per heavy atom. The molecule has 0 bridgehead atoms. The van der Waals surface area contributed by atoms with Gasteiger partial charge in [-0.2, -0.15) is 0 Å². The molecule has 0 unspecified atom stereocenters. The Morgan fingerprint density at radius 1 is 1.26 bits per heavy atom. The predicted octanol–water partition coefficient (Wildman–Crippen LogP) is 2.47. The largest absolute Gasteiger partial charge is 0.462 e. The molecule has 35 heavy (non-hydrogen) atoms. The average Bonchev–Trinajstić information content (AvgIpc) is 3.40. The van der Waals surface area contributed by atoms with Crippen LogP contribution in [0.4, 0.5) is 11.4 Å². The summed E-state index contributed by atoms with van der Waals surface area (Å²) in [6, 6.07) is 9.09. The highest BCUT2D eigenvalue weighted by Crippen LogP contribution is 2.31. The topological polar surface area (TPSA) is 146 Å². The van der Waals surface area contributed by atoms with Crippen LogP contribution in [0.1, 0.15) is 17.5 Å². The lowest BCUT2D eigenvalue weighted by Gasteiger charge is -2.13. The maximum absolute atomic E-state index is 13.2. The summed E-state index contributed by atoms with van der Waals surface area (Å²) >= 11 is 0. The van der Waals surface area contributed by atoms with Crippen LogP contribution in [0.25, 0.3) is 17.1 Å². The third-order valence-electron chi connectivity index (χ3n) is 5.31. The number of esters is 1. The van der Waals surface area contributed by atoms with Crippen LogP contribution < -0.4 is 10.6 Å². The zero-order valence-electron chi connectivity index (χ0n) is 19.1. The number of aryl methyl sites for hydroxylation is 1. The first-order chi connectivity index (χ1) is 17.0. The molecule has 0 saturated heterocycles. The first-order valence-corrected chi connectivity index (χ1v) is 11.1. The number of nitrogens with one attached hydrogen (secondary N) is 3. The second kappa shape index (κ2) is 10.9. The van der Waals surface area contributed by atoms with Gasteiger partial charge in [-0.05, 0) is 48.9 Å². The second-order valence-corrected chi connectivity index (χ2v) is 7.81. The molecule has 182 valence electrons. The Kier molecular flexibility index (Phi) is 7.44. The molecule has 1 aliphatic heterocycles. The zero-order valence-corrected chi connectivity index (χ0v) is 19.1. The number of hydrogen-bond donors (Lipinski definition) is 5. The number of carbonyl (C=O) groups is 2. The minimum Gasteiger partial charge on any atom is -0.462 e. The van der Waals surface area contributed by atoms with E-state index in [1.807, 2.05) is 19.1 Å². The van der Waals surface area contributed by atoms with Crippen LogP contribution in [0.5, 0.6) is 0 Å². The van der Waals surface area contributed by atoms with Gasteiger partial charge in [0.2, 0.25) is 11.7 Å². The number of allylic oxidation sites excluding steroid dienone is 1. The van der Waals surface area contributed by atoms with Crippen molar-refractivity contribution in [3.63, 3.8) is 0 Å². The number of nitrogens with zero attached hydrogens (tertiary/aromatic N) is 1. The number of rotatable bonds is 10. The van der Waals surface area contributed by atoms with Gasteiger partial charge in [0, 0.05) is 54.3 Å². The number of carbonyl (C=O) groups excluding carboxylic acids is 2. The number of H-pyrrole nitrogens is 1. The van der Waals surface area contributed by atoms with Gasteiger partial charge in [0.05, 0.1) is 13.2 Å². The summed E-state index contributed by atoms with van der Waals surface area (Å²) in [5.41, 5.74) is 3.35. The fraction of sp³-hybridized carbons (Fsp3) is 0.240. The van der Waals surface area contributed by atoms with E-state index in [4.69, 9.17) is 19.7 Å². The number of aromatic nitrogens is 2. The number of benzene rings is 1. The first kappa shape index (κ1) is 24.0. The highest BCUT2D eigenvalue weighted by molar-refractivity contribution is 6.26. The number of Topliss-reactive ketones (excluding diaryl/α,β-unsaturated/α-hetero) is 1. The van der Waals surface area contributed by atoms with E-state index in [0.717, 1.165) is 16.6 Å². The SMILES string of the molecule is Cc1cc(NCCO)ccc1NC1=C(C(=O)OCCCO)C(=O)/C(=C/c2c[nH]c3ncccc23)O1. The molecule has 1 aliphatic rings. The molecule has 0 saturated carbocycles. The molecule has 0 amide bonds.